The van der Waals surface area contributed by atoms with Crippen molar-refractivity contribution >= 4 is 29.0 Å². The molecule has 4 nitrogen and oxygen atoms in total. The third-order valence-electron chi connectivity index (χ3n) is 5.22. The Bertz CT molecular complexity index is 1150. The fourth-order valence-electron chi connectivity index (χ4n) is 3.51. The largest absolute Gasteiger partial charge is 0.385 e. The van der Waals surface area contributed by atoms with E-state index in [1.165, 1.54) is 28.8 Å². The first-order valence-electron chi connectivity index (χ1n) is 11.0. The smallest absolute Gasteiger partial charge is 0.256 e. The number of carbonyl (C=O) groups is 1. The van der Waals surface area contributed by atoms with Crippen LogP contribution < -0.4 is 5.32 Å². The number of benzene rings is 3. The molecule has 0 atom stereocenters. The zero-order valence-electron chi connectivity index (χ0n) is 19.2. The number of halogens is 3. The molecule has 3 aromatic rings. The highest BCUT2D eigenvalue weighted by molar-refractivity contribution is 7.99. The first-order chi connectivity index (χ1) is 16.3. The van der Waals surface area contributed by atoms with Crippen LogP contribution in [0, 0.1) is 24.4 Å². The first-order valence-corrected chi connectivity index (χ1v) is 11.9. The minimum atomic E-state index is -1.27. The molecule has 1 amide bonds. The van der Waals surface area contributed by atoms with Crippen LogP contribution in [0.1, 0.15) is 29.8 Å². The number of hydrogen-bond donors (Lipinski definition) is 2. The highest BCUT2D eigenvalue weighted by atomic mass is 32.2. The van der Waals surface area contributed by atoms with Gasteiger partial charge < -0.3 is 15.3 Å². The van der Waals surface area contributed by atoms with Crippen LogP contribution in [0.5, 0.6) is 0 Å². The molecular formula is C26H27F3N2O2S. The molecule has 1 heterocycles. The molecule has 0 radical (unpaired) electrons. The second kappa shape index (κ2) is 11.0. The minimum absolute atomic E-state index is 0.0585. The molecule has 0 bridgehead atoms. The number of rotatable bonds is 6. The quantitative estimate of drug-likeness (QED) is 0.408. The number of nitrogens with one attached hydrogen (secondary N) is 1. The normalized spacial score (nSPS) is 14.0. The van der Waals surface area contributed by atoms with Crippen LogP contribution in [0.15, 0.2) is 65.6 Å². The van der Waals surface area contributed by atoms with Crippen molar-refractivity contribution in [3.8, 4) is 0 Å². The van der Waals surface area contributed by atoms with Gasteiger partial charge in [-0.1, -0.05) is 38.1 Å². The maximum atomic E-state index is 14.6. The van der Waals surface area contributed by atoms with Gasteiger partial charge >= 0.3 is 0 Å². The highest BCUT2D eigenvalue weighted by Gasteiger charge is 2.44. The summed E-state index contributed by atoms with van der Waals surface area (Å²) in [6.07, 6.45) is 0. The molecule has 4 rings (SSSR count). The molecule has 34 heavy (non-hydrogen) atoms. The number of aliphatic hydroxyl groups is 1. The van der Waals surface area contributed by atoms with Gasteiger partial charge in [0.05, 0.1) is 30.0 Å². The lowest BCUT2D eigenvalue weighted by Crippen LogP contribution is -2.64. The number of aryl methyl sites for hydroxylation is 1. The molecule has 2 N–H and O–H groups in total. The third kappa shape index (κ3) is 5.74. The van der Waals surface area contributed by atoms with Crippen LogP contribution in [0.3, 0.4) is 0 Å². The Balaban J connectivity index is 0.00000158. The van der Waals surface area contributed by atoms with E-state index in [0.29, 0.717) is 11.3 Å². The summed E-state index contributed by atoms with van der Waals surface area (Å²) in [5.74, 6) is -3.27. The molecule has 0 unspecified atom stereocenters. The van der Waals surface area contributed by atoms with Crippen molar-refractivity contribution in [1.82, 2.24) is 4.90 Å². The van der Waals surface area contributed by atoms with Gasteiger partial charge in [-0.2, -0.15) is 0 Å². The molecule has 1 aliphatic heterocycles. The molecule has 0 saturated carbocycles. The van der Waals surface area contributed by atoms with Gasteiger partial charge in [-0.25, -0.2) is 13.2 Å². The van der Waals surface area contributed by atoms with Gasteiger partial charge in [0.2, 0.25) is 0 Å². The number of thioether (sulfide) groups is 1. The van der Waals surface area contributed by atoms with E-state index in [1.807, 2.05) is 44.2 Å². The molecule has 0 aliphatic carbocycles. The lowest BCUT2D eigenvalue weighted by atomic mass is 9.95. The van der Waals surface area contributed by atoms with Crippen molar-refractivity contribution in [2.24, 2.45) is 0 Å². The molecule has 1 aliphatic rings. The number of hydrogen-bond acceptors (Lipinski definition) is 4. The fraction of sp³-hybridized carbons (Fsp3) is 0.269. The summed E-state index contributed by atoms with van der Waals surface area (Å²) < 4.78 is 42.7. The first kappa shape index (κ1) is 25.6. The van der Waals surface area contributed by atoms with Crippen molar-refractivity contribution in [2.45, 2.75) is 31.3 Å². The zero-order chi connectivity index (χ0) is 24.9. The second-order valence-corrected chi connectivity index (χ2v) is 8.93. The van der Waals surface area contributed by atoms with E-state index in [9.17, 15) is 23.1 Å². The Morgan fingerprint density at radius 1 is 1.03 bits per heavy atom. The Kier molecular flexibility index (Phi) is 8.28. The van der Waals surface area contributed by atoms with Crippen molar-refractivity contribution < 1.29 is 23.1 Å². The Morgan fingerprint density at radius 3 is 2.35 bits per heavy atom. The molecular weight excluding hydrogens is 461 g/mol. The molecule has 8 heteroatoms. The van der Waals surface area contributed by atoms with Crippen LogP contribution in [-0.4, -0.2) is 40.4 Å². The molecule has 0 spiro atoms. The van der Waals surface area contributed by atoms with Crippen molar-refractivity contribution in [1.29, 1.82) is 0 Å². The molecule has 180 valence electrons. The van der Waals surface area contributed by atoms with Crippen molar-refractivity contribution in [3.63, 3.8) is 0 Å². The van der Waals surface area contributed by atoms with Crippen molar-refractivity contribution in [2.75, 3.05) is 24.2 Å². The van der Waals surface area contributed by atoms with E-state index in [-0.39, 0.29) is 24.3 Å². The van der Waals surface area contributed by atoms with E-state index in [2.05, 4.69) is 5.32 Å². The summed E-state index contributed by atoms with van der Waals surface area (Å²) in [7, 11) is 0. The van der Waals surface area contributed by atoms with E-state index in [1.54, 1.807) is 13.0 Å². The van der Waals surface area contributed by atoms with Gasteiger partial charge in [0.25, 0.3) is 5.91 Å². The average Bonchev–Trinajstić information content (AvgIpc) is 2.82. The van der Waals surface area contributed by atoms with E-state index in [0.717, 1.165) is 17.0 Å². The molecule has 0 aromatic heterocycles. The van der Waals surface area contributed by atoms with Gasteiger partial charge in [0, 0.05) is 10.6 Å². The van der Waals surface area contributed by atoms with Gasteiger partial charge in [0.1, 0.15) is 11.4 Å². The summed E-state index contributed by atoms with van der Waals surface area (Å²) in [5, 5.41) is 13.2. The summed E-state index contributed by atoms with van der Waals surface area (Å²) in [4.78, 5) is 15.3. The van der Waals surface area contributed by atoms with Gasteiger partial charge in [0.15, 0.2) is 11.6 Å². The SMILES string of the molecule is CC.Cc1ccc(Nc2c(C(=O)N3CC(O)(CSc4ccccc4)C3)ccc(F)c2F)c(F)c1. The Hall–Kier alpha value is -2.97. The Labute approximate surface area is 201 Å². The fourth-order valence-corrected chi connectivity index (χ4v) is 4.48. The zero-order valence-corrected chi connectivity index (χ0v) is 20.1. The summed E-state index contributed by atoms with van der Waals surface area (Å²) in [6.45, 7) is 5.82. The van der Waals surface area contributed by atoms with Gasteiger partial charge in [-0.3, -0.25) is 4.79 Å². The van der Waals surface area contributed by atoms with Gasteiger partial charge in [-0.15, -0.1) is 11.8 Å². The second-order valence-electron chi connectivity index (χ2n) is 7.88. The van der Waals surface area contributed by atoms with E-state index in [4.69, 9.17) is 0 Å². The summed E-state index contributed by atoms with van der Waals surface area (Å²) in [5.41, 5.74) is -1.06. The van der Waals surface area contributed by atoms with Crippen molar-refractivity contribution in [3.05, 3.63) is 89.2 Å². The van der Waals surface area contributed by atoms with Crippen LogP contribution >= 0.6 is 11.8 Å². The standard InChI is InChI=1S/C24H21F3N2O2S.C2H6/c1-15-7-10-20(19(26)11-15)28-22-17(8-9-18(25)21(22)27)23(30)29-12-24(31,13-29)14-32-16-5-3-2-4-6-16;1-2/h2-11,28,31H,12-14H2,1H3;1-2H3. The van der Waals surface area contributed by atoms with Crippen LogP contribution in [0.4, 0.5) is 24.5 Å². The lowest BCUT2D eigenvalue weighted by Gasteiger charge is -2.46. The predicted octanol–water partition coefficient (Wildman–Crippen LogP) is 6.16. The maximum Gasteiger partial charge on any atom is 0.256 e. The number of likely N-dealkylation sites (tertiary alicyclic amines) is 1. The number of nitrogens with zero attached hydrogens (tertiary/aromatic N) is 1. The highest BCUT2D eigenvalue weighted by Crippen LogP contribution is 2.33. The number of carbonyl (C=O) groups excluding carboxylic acids is 1. The maximum absolute atomic E-state index is 14.6. The predicted molar refractivity (Wildman–Crippen MR) is 130 cm³/mol. The van der Waals surface area contributed by atoms with Crippen LogP contribution in [0.2, 0.25) is 0 Å². The molecule has 1 saturated heterocycles. The average molecular weight is 489 g/mol. The van der Waals surface area contributed by atoms with Gasteiger partial charge in [-0.05, 0) is 48.9 Å². The summed E-state index contributed by atoms with van der Waals surface area (Å²) in [6, 6.07) is 15.8. The van der Waals surface area contributed by atoms with E-state index < -0.39 is 34.6 Å². The lowest BCUT2D eigenvalue weighted by molar-refractivity contribution is -0.0632. The number of anilines is 2. The monoisotopic (exact) mass is 488 g/mol. The number of β-amino-alcohol motifs (C(OH)–C–C–N with tert-alkyl or cyclic N) is 1. The molecule has 3 aromatic carbocycles. The number of amides is 1. The van der Waals surface area contributed by atoms with E-state index >= 15 is 0 Å². The van der Waals surface area contributed by atoms with Crippen LogP contribution in [-0.2, 0) is 0 Å². The van der Waals surface area contributed by atoms with Crippen LogP contribution in [0.25, 0.3) is 0 Å². The Morgan fingerprint density at radius 2 is 1.71 bits per heavy atom. The minimum Gasteiger partial charge on any atom is -0.385 e. The third-order valence-corrected chi connectivity index (χ3v) is 6.50. The summed E-state index contributed by atoms with van der Waals surface area (Å²) >= 11 is 1.47. The molecule has 1 fully saturated rings. The topological polar surface area (TPSA) is 52.6 Å².